The zero-order valence-corrected chi connectivity index (χ0v) is 46.4. The number of rotatable bonds is 8. The third-order valence-corrected chi connectivity index (χ3v) is 16.4. The number of para-hydroxylation sites is 2. The molecule has 2 heteroatoms. The molecule has 0 atom stereocenters. The van der Waals surface area contributed by atoms with E-state index < -0.39 is 0 Å². The third kappa shape index (κ3) is 8.52. The lowest BCUT2D eigenvalue weighted by atomic mass is 9.84. The Morgan fingerprint density at radius 3 is 1.35 bits per heavy atom. The molecule has 2 nitrogen and oxygen atoms in total. The molecule has 380 valence electrons. The lowest BCUT2D eigenvalue weighted by Gasteiger charge is -2.30. The van der Waals surface area contributed by atoms with Crippen molar-refractivity contribution in [2.45, 2.75) is 78.6 Å². The number of fused-ring (bicyclic) bond motifs is 3. The van der Waals surface area contributed by atoms with Gasteiger partial charge in [-0.1, -0.05) is 244 Å². The van der Waals surface area contributed by atoms with E-state index in [2.05, 4.69) is 308 Å². The fourth-order valence-corrected chi connectivity index (χ4v) is 12.1. The molecule has 1 heterocycles. The fraction of sp³-hybridized carbons (Fsp3) is 0.158. The highest BCUT2D eigenvalue weighted by atomic mass is 15.1. The second kappa shape index (κ2) is 18.5. The first-order valence-electron chi connectivity index (χ1n) is 27.7. The number of hydrogen-bond donors (Lipinski definition) is 0. The van der Waals surface area contributed by atoms with Crippen molar-refractivity contribution < 1.29 is 0 Å². The summed E-state index contributed by atoms with van der Waals surface area (Å²) in [5.41, 5.74) is 20.6. The summed E-state index contributed by atoms with van der Waals surface area (Å²) in [4.78, 5) is 2.52. The molecule has 13 aromatic rings. The summed E-state index contributed by atoms with van der Waals surface area (Å²) in [6.45, 7) is 20.7. The largest absolute Gasteiger partial charge is 0.310 e. The number of aromatic nitrogens is 1. The maximum Gasteiger partial charge on any atom is 0.0541 e. The van der Waals surface area contributed by atoms with E-state index in [0.29, 0.717) is 0 Å². The van der Waals surface area contributed by atoms with Crippen LogP contribution in [0.25, 0.3) is 104 Å². The molecule has 0 saturated carbocycles. The summed E-state index contributed by atoms with van der Waals surface area (Å²) >= 11 is 0. The van der Waals surface area contributed by atoms with E-state index in [1.165, 1.54) is 121 Å². The van der Waals surface area contributed by atoms with E-state index in [1.807, 2.05) is 0 Å². The Bertz CT molecular complexity index is 4340. The molecule has 0 fully saturated rings. The second-order valence-electron chi connectivity index (χ2n) is 24.6. The van der Waals surface area contributed by atoms with Crippen molar-refractivity contribution >= 4 is 71.2 Å². The molecule has 1 aromatic heterocycles. The molecule has 0 aliphatic rings. The summed E-state index contributed by atoms with van der Waals surface area (Å²) in [7, 11) is 0. The summed E-state index contributed by atoms with van der Waals surface area (Å²) in [6, 6.07) is 89.2. The van der Waals surface area contributed by atoms with Crippen LogP contribution in [-0.2, 0) is 16.2 Å². The molecule has 0 aliphatic carbocycles. The van der Waals surface area contributed by atoms with E-state index in [4.69, 9.17) is 0 Å². The highest BCUT2D eigenvalue weighted by Crippen LogP contribution is 2.48. The molecule has 78 heavy (non-hydrogen) atoms. The topological polar surface area (TPSA) is 8.17 Å². The molecule has 0 saturated heterocycles. The van der Waals surface area contributed by atoms with Crippen molar-refractivity contribution in [2.24, 2.45) is 0 Å². The minimum atomic E-state index is -0.138. The minimum absolute atomic E-state index is 0.0843. The first-order valence-corrected chi connectivity index (χ1v) is 27.7. The number of anilines is 3. The van der Waals surface area contributed by atoms with Gasteiger partial charge in [0.25, 0.3) is 0 Å². The van der Waals surface area contributed by atoms with E-state index in [0.717, 1.165) is 17.1 Å². The first kappa shape index (κ1) is 48.9. The van der Waals surface area contributed by atoms with Crippen LogP contribution in [0.5, 0.6) is 0 Å². The molecule has 0 spiro atoms. The van der Waals surface area contributed by atoms with Gasteiger partial charge in [-0.05, 0) is 154 Å². The average Bonchev–Trinajstić information content (AvgIpc) is 3.71. The molecule has 0 unspecified atom stereocenters. The normalized spacial score (nSPS) is 12.4. The number of benzene rings is 12. The Hall–Kier alpha value is -8.72. The first-order chi connectivity index (χ1) is 37.6. The number of hydrogen-bond acceptors (Lipinski definition) is 1. The predicted octanol–water partition coefficient (Wildman–Crippen LogP) is 21.7. The van der Waals surface area contributed by atoms with Crippen LogP contribution in [0.2, 0.25) is 0 Å². The minimum Gasteiger partial charge on any atom is -0.310 e. The van der Waals surface area contributed by atoms with Crippen LogP contribution in [0.4, 0.5) is 17.1 Å². The summed E-state index contributed by atoms with van der Waals surface area (Å²) in [5, 5.41) is 9.99. The molecule has 0 bridgehead atoms. The summed E-state index contributed by atoms with van der Waals surface area (Å²) < 4.78 is 2.47. The van der Waals surface area contributed by atoms with Crippen molar-refractivity contribution in [1.29, 1.82) is 0 Å². The summed E-state index contributed by atoms with van der Waals surface area (Å²) in [5.74, 6) is 0. The van der Waals surface area contributed by atoms with Gasteiger partial charge in [-0.3, -0.25) is 0 Å². The molecule has 13 rings (SSSR count). The zero-order chi connectivity index (χ0) is 53.7. The lowest BCUT2D eigenvalue weighted by molar-refractivity contribution is 0.590. The lowest BCUT2D eigenvalue weighted by Crippen LogP contribution is -2.15. The van der Waals surface area contributed by atoms with Crippen LogP contribution in [0.3, 0.4) is 0 Å². The van der Waals surface area contributed by atoms with Crippen LogP contribution in [0, 0.1) is 0 Å². The van der Waals surface area contributed by atoms with Crippen LogP contribution >= 0.6 is 0 Å². The molecule has 0 N–H and O–H groups in total. The highest BCUT2D eigenvalue weighted by molar-refractivity contribution is 6.27. The molecule has 12 aromatic carbocycles. The maximum atomic E-state index is 2.52. The second-order valence-corrected chi connectivity index (χ2v) is 24.6. The van der Waals surface area contributed by atoms with Gasteiger partial charge in [0, 0.05) is 32.9 Å². The molecular formula is C76H66N2. The standard InChI is InChI=1S/C76H66N2/c1-74(2,3)57-35-25-49(26-36-57)54-17-16-18-55(45-54)56-46-59(76(7,8)9)48-61(47-56)77(60-39-29-51(30-40-60)63-20-11-10-19-62(63)50-27-37-58(38-28-50)75(4,5)6)70-43-33-52-32-42-67-71(44-34-53-31-41-66(70)72(52)73(53)67)78-68-23-14-12-21-64(68)65-22-13-15-24-69(65)78/h10-48H,1-9H3. The quantitative estimate of drug-likeness (QED) is 0.138. The van der Waals surface area contributed by atoms with E-state index in [-0.39, 0.29) is 16.2 Å². The van der Waals surface area contributed by atoms with Gasteiger partial charge in [-0.2, -0.15) is 0 Å². The molecule has 0 radical (unpaired) electrons. The molecular weight excluding hydrogens is 941 g/mol. The Morgan fingerprint density at radius 1 is 0.295 bits per heavy atom. The van der Waals surface area contributed by atoms with Gasteiger partial charge in [0.15, 0.2) is 0 Å². The Kier molecular flexibility index (Phi) is 11.6. The predicted molar refractivity (Wildman–Crippen MR) is 337 cm³/mol. The smallest absolute Gasteiger partial charge is 0.0541 e. The van der Waals surface area contributed by atoms with Gasteiger partial charge in [0.2, 0.25) is 0 Å². The van der Waals surface area contributed by atoms with Crippen molar-refractivity contribution in [2.75, 3.05) is 4.90 Å². The van der Waals surface area contributed by atoms with Gasteiger partial charge in [0.05, 0.1) is 22.4 Å². The Labute approximate surface area is 460 Å². The Morgan fingerprint density at radius 2 is 0.769 bits per heavy atom. The van der Waals surface area contributed by atoms with Crippen LogP contribution in [0.15, 0.2) is 237 Å². The van der Waals surface area contributed by atoms with Gasteiger partial charge in [-0.15, -0.1) is 0 Å². The highest BCUT2D eigenvalue weighted by Gasteiger charge is 2.25. The van der Waals surface area contributed by atoms with Gasteiger partial charge < -0.3 is 9.47 Å². The SMILES string of the molecule is CC(C)(C)c1ccc(-c2cccc(-c3cc(N(c4ccc(-c5ccccc5-c5ccc(C(C)(C)C)cc5)cc4)c4ccc5ccc6c(-n7c8ccccc8c8ccccc87)ccc7ccc4c5c76)cc(C(C)(C)C)c3)c2)cc1. The zero-order valence-electron chi connectivity index (χ0n) is 46.4. The summed E-state index contributed by atoms with van der Waals surface area (Å²) in [6.07, 6.45) is 0. The van der Waals surface area contributed by atoms with Crippen molar-refractivity contribution in [3.8, 4) is 50.2 Å². The van der Waals surface area contributed by atoms with Crippen molar-refractivity contribution in [3.63, 3.8) is 0 Å². The van der Waals surface area contributed by atoms with Crippen LogP contribution in [-0.4, -0.2) is 4.57 Å². The van der Waals surface area contributed by atoms with Gasteiger partial charge in [0.1, 0.15) is 0 Å². The fourth-order valence-electron chi connectivity index (χ4n) is 12.1. The van der Waals surface area contributed by atoms with E-state index >= 15 is 0 Å². The van der Waals surface area contributed by atoms with Crippen molar-refractivity contribution in [1.82, 2.24) is 4.57 Å². The monoisotopic (exact) mass is 1010 g/mol. The van der Waals surface area contributed by atoms with Gasteiger partial charge >= 0.3 is 0 Å². The van der Waals surface area contributed by atoms with Crippen molar-refractivity contribution in [3.05, 3.63) is 253 Å². The maximum absolute atomic E-state index is 2.52. The van der Waals surface area contributed by atoms with E-state index in [9.17, 15) is 0 Å². The molecule has 0 amide bonds. The molecule has 0 aliphatic heterocycles. The number of nitrogens with zero attached hydrogens (tertiary/aromatic N) is 2. The van der Waals surface area contributed by atoms with Gasteiger partial charge in [-0.25, -0.2) is 0 Å². The average molecular weight is 1010 g/mol. The Balaban J connectivity index is 1.01. The van der Waals surface area contributed by atoms with Crippen LogP contribution in [0.1, 0.15) is 79.0 Å². The van der Waals surface area contributed by atoms with E-state index in [1.54, 1.807) is 0 Å². The van der Waals surface area contributed by atoms with Crippen LogP contribution < -0.4 is 4.90 Å². The third-order valence-electron chi connectivity index (χ3n) is 16.4.